The molecule has 6 heteroatoms. The van der Waals surface area contributed by atoms with Gasteiger partial charge in [0.2, 0.25) is 0 Å². The fourth-order valence-corrected chi connectivity index (χ4v) is 4.35. The van der Waals surface area contributed by atoms with Crippen molar-refractivity contribution in [3.63, 3.8) is 0 Å². The maximum atomic E-state index is 6.91. The lowest BCUT2D eigenvalue weighted by molar-refractivity contribution is 0.365. The van der Waals surface area contributed by atoms with Crippen molar-refractivity contribution in [3.05, 3.63) is 78.0 Å². The maximum Gasteiger partial charge on any atom is 0.182 e. The molecule has 0 unspecified atom stereocenters. The van der Waals surface area contributed by atoms with Gasteiger partial charge >= 0.3 is 0 Å². The highest BCUT2D eigenvalue weighted by atomic mass is 35.5. The van der Waals surface area contributed by atoms with Crippen molar-refractivity contribution >= 4 is 22.6 Å². The summed E-state index contributed by atoms with van der Waals surface area (Å²) in [7, 11) is 0. The second-order valence-electron chi connectivity index (χ2n) is 7.52. The number of benzene rings is 2. The number of hydrogen-bond donors (Lipinski definition) is 0. The van der Waals surface area contributed by atoms with Crippen LogP contribution in [-0.4, -0.2) is 38.0 Å². The molecule has 0 aliphatic carbocycles. The molecule has 5 rings (SSSR count). The van der Waals surface area contributed by atoms with Crippen molar-refractivity contribution in [2.45, 2.75) is 19.4 Å². The Morgan fingerprint density at radius 2 is 1.53 bits per heavy atom. The predicted molar refractivity (Wildman–Crippen MR) is 121 cm³/mol. The van der Waals surface area contributed by atoms with Gasteiger partial charge in [0.25, 0.3) is 0 Å². The molecule has 150 valence electrons. The highest BCUT2D eigenvalue weighted by Gasteiger charge is 2.22. The molecule has 0 bridgehead atoms. The fraction of sp³-hybridized carbons (Fsp3) is 0.208. The SMILES string of the molecule is C=C1CCCN1CCn1nc(-c2ccccc2)c2c(Cl)c(-c3ccccc3)nnc21. The van der Waals surface area contributed by atoms with E-state index in [1.54, 1.807) is 0 Å². The van der Waals surface area contributed by atoms with E-state index in [0.29, 0.717) is 22.9 Å². The number of aromatic nitrogens is 4. The molecule has 2 aromatic heterocycles. The minimum absolute atomic E-state index is 0.585. The van der Waals surface area contributed by atoms with Crippen LogP contribution in [0.2, 0.25) is 5.02 Å². The average Bonchev–Trinajstić information content (AvgIpc) is 3.37. The number of halogens is 1. The van der Waals surface area contributed by atoms with Crippen LogP contribution in [0.1, 0.15) is 12.8 Å². The van der Waals surface area contributed by atoms with Crippen molar-refractivity contribution in [2.75, 3.05) is 13.1 Å². The van der Waals surface area contributed by atoms with E-state index in [-0.39, 0.29) is 0 Å². The van der Waals surface area contributed by atoms with E-state index in [1.807, 2.05) is 65.3 Å². The molecule has 30 heavy (non-hydrogen) atoms. The average molecular weight is 416 g/mol. The smallest absolute Gasteiger partial charge is 0.182 e. The molecular formula is C24H22ClN5. The first kappa shape index (κ1) is 18.8. The Morgan fingerprint density at radius 3 is 2.17 bits per heavy atom. The second kappa shape index (κ2) is 7.92. The van der Waals surface area contributed by atoms with Crippen LogP contribution in [0.5, 0.6) is 0 Å². The molecule has 0 saturated carbocycles. The molecule has 0 spiro atoms. The van der Waals surface area contributed by atoms with Gasteiger partial charge in [-0.15, -0.1) is 10.2 Å². The zero-order valence-electron chi connectivity index (χ0n) is 16.6. The van der Waals surface area contributed by atoms with E-state index in [9.17, 15) is 0 Å². The van der Waals surface area contributed by atoms with Crippen molar-refractivity contribution < 1.29 is 0 Å². The third-order valence-electron chi connectivity index (χ3n) is 5.61. The summed E-state index contributed by atoms with van der Waals surface area (Å²) < 4.78 is 1.93. The Bertz CT molecular complexity index is 1200. The first-order chi connectivity index (χ1) is 14.7. The highest BCUT2D eigenvalue weighted by molar-refractivity contribution is 6.38. The molecular weight excluding hydrogens is 394 g/mol. The largest absolute Gasteiger partial charge is 0.373 e. The van der Waals surface area contributed by atoms with Crippen molar-refractivity contribution in [1.82, 2.24) is 24.9 Å². The third-order valence-corrected chi connectivity index (χ3v) is 5.98. The van der Waals surface area contributed by atoms with Gasteiger partial charge < -0.3 is 4.90 Å². The van der Waals surface area contributed by atoms with Crippen LogP contribution in [0.25, 0.3) is 33.5 Å². The fourth-order valence-electron chi connectivity index (χ4n) is 4.03. The monoisotopic (exact) mass is 415 g/mol. The molecule has 1 aliphatic rings. The Labute approximate surface area is 180 Å². The summed E-state index contributed by atoms with van der Waals surface area (Å²) in [6, 6.07) is 20.0. The summed E-state index contributed by atoms with van der Waals surface area (Å²) in [5.41, 5.74) is 5.38. The zero-order chi connectivity index (χ0) is 20.5. The molecule has 2 aromatic carbocycles. The van der Waals surface area contributed by atoms with Gasteiger partial charge in [-0.2, -0.15) is 5.10 Å². The summed E-state index contributed by atoms with van der Waals surface area (Å²) in [4.78, 5) is 2.32. The molecule has 0 amide bonds. The molecule has 5 nitrogen and oxygen atoms in total. The van der Waals surface area contributed by atoms with E-state index in [2.05, 4.69) is 21.7 Å². The number of fused-ring (bicyclic) bond motifs is 1. The minimum atomic E-state index is 0.585. The van der Waals surface area contributed by atoms with Crippen molar-refractivity contribution in [3.8, 4) is 22.5 Å². The summed E-state index contributed by atoms with van der Waals surface area (Å²) in [6.45, 7) is 6.78. The second-order valence-corrected chi connectivity index (χ2v) is 7.90. The first-order valence-electron chi connectivity index (χ1n) is 10.2. The number of hydrogen-bond acceptors (Lipinski definition) is 4. The molecule has 0 atom stereocenters. The lowest BCUT2D eigenvalue weighted by Crippen LogP contribution is -2.23. The Hall–Kier alpha value is -3.18. The Balaban J connectivity index is 1.63. The van der Waals surface area contributed by atoms with E-state index in [4.69, 9.17) is 16.7 Å². The first-order valence-corrected chi connectivity index (χ1v) is 10.6. The molecule has 4 aromatic rings. The van der Waals surface area contributed by atoms with E-state index in [1.165, 1.54) is 12.1 Å². The number of rotatable bonds is 5. The summed E-state index contributed by atoms with van der Waals surface area (Å²) >= 11 is 6.91. The normalized spacial score (nSPS) is 14.0. The maximum absolute atomic E-state index is 6.91. The Morgan fingerprint density at radius 1 is 0.867 bits per heavy atom. The van der Waals surface area contributed by atoms with Gasteiger partial charge in [-0.3, -0.25) is 0 Å². The van der Waals surface area contributed by atoms with Crippen LogP contribution in [0.3, 0.4) is 0 Å². The lowest BCUT2D eigenvalue weighted by atomic mass is 10.1. The van der Waals surface area contributed by atoms with Gasteiger partial charge in [-0.25, -0.2) is 4.68 Å². The highest BCUT2D eigenvalue weighted by Crippen LogP contribution is 2.37. The molecule has 1 saturated heterocycles. The van der Waals surface area contributed by atoms with Gasteiger partial charge in [0.1, 0.15) is 11.4 Å². The third kappa shape index (κ3) is 3.35. The number of allylic oxidation sites excluding steroid dienone is 1. The van der Waals surface area contributed by atoms with Crippen molar-refractivity contribution in [1.29, 1.82) is 0 Å². The van der Waals surface area contributed by atoms with Crippen LogP contribution in [0.15, 0.2) is 72.9 Å². The van der Waals surface area contributed by atoms with E-state index < -0.39 is 0 Å². The van der Waals surface area contributed by atoms with Gasteiger partial charge in [-0.1, -0.05) is 78.8 Å². The van der Waals surface area contributed by atoms with E-state index >= 15 is 0 Å². The van der Waals surface area contributed by atoms with Gasteiger partial charge in [0.05, 0.1) is 17.0 Å². The summed E-state index contributed by atoms with van der Waals surface area (Å²) in [5.74, 6) is 0. The molecule has 0 N–H and O–H groups in total. The number of likely N-dealkylation sites (tertiary alicyclic amines) is 1. The van der Waals surface area contributed by atoms with Crippen LogP contribution in [-0.2, 0) is 6.54 Å². The molecule has 0 radical (unpaired) electrons. The van der Waals surface area contributed by atoms with Crippen LogP contribution in [0.4, 0.5) is 0 Å². The standard InChI is InChI=1S/C24H22ClN5/c1-17-9-8-14-29(17)15-16-30-24-20(22(28-30)18-10-4-2-5-11-18)21(25)23(26-27-24)19-12-6-3-7-13-19/h2-7,10-13H,1,8-9,14-16H2. The minimum Gasteiger partial charge on any atom is -0.373 e. The Kier molecular flexibility index (Phi) is 4.97. The summed E-state index contributed by atoms with van der Waals surface area (Å²) in [6.07, 6.45) is 2.24. The quantitative estimate of drug-likeness (QED) is 0.436. The zero-order valence-corrected chi connectivity index (χ0v) is 17.4. The van der Waals surface area contributed by atoms with E-state index in [0.717, 1.165) is 41.7 Å². The van der Waals surface area contributed by atoms with Crippen LogP contribution >= 0.6 is 11.6 Å². The van der Waals surface area contributed by atoms with Crippen molar-refractivity contribution in [2.24, 2.45) is 0 Å². The van der Waals surface area contributed by atoms with Gasteiger partial charge in [0, 0.05) is 29.9 Å². The van der Waals surface area contributed by atoms with Crippen LogP contribution in [0, 0.1) is 0 Å². The summed E-state index contributed by atoms with van der Waals surface area (Å²) in [5, 5.41) is 15.4. The topological polar surface area (TPSA) is 46.8 Å². The van der Waals surface area contributed by atoms with Gasteiger partial charge in [-0.05, 0) is 12.8 Å². The molecule has 3 heterocycles. The van der Waals surface area contributed by atoms with Gasteiger partial charge in [0.15, 0.2) is 5.65 Å². The molecule has 1 aliphatic heterocycles. The number of nitrogens with zero attached hydrogens (tertiary/aromatic N) is 5. The van der Waals surface area contributed by atoms with Crippen LogP contribution < -0.4 is 0 Å². The lowest BCUT2D eigenvalue weighted by Gasteiger charge is -2.18. The molecule has 1 fully saturated rings. The predicted octanol–water partition coefficient (Wildman–Crippen LogP) is 5.42.